The summed E-state index contributed by atoms with van der Waals surface area (Å²) in [6, 6.07) is 14.6. The van der Waals surface area contributed by atoms with Crippen LogP contribution in [-0.4, -0.2) is 22.8 Å². The molecule has 6 nitrogen and oxygen atoms in total. The number of nitrogens with zero attached hydrogens (tertiary/aromatic N) is 2. The van der Waals surface area contributed by atoms with Gasteiger partial charge in [-0.15, -0.1) is 0 Å². The summed E-state index contributed by atoms with van der Waals surface area (Å²) in [5.74, 6) is 1.27. The van der Waals surface area contributed by atoms with E-state index < -0.39 is 5.41 Å². The maximum Gasteiger partial charge on any atom is 0.235 e. The molecule has 0 atom stereocenters. The Labute approximate surface area is 174 Å². The van der Waals surface area contributed by atoms with Gasteiger partial charge in [0.25, 0.3) is 0 Å². The van der Waals surface area contributed by atoms with Crippen LogP contribution in [0, 0.1) is 0 Å². The van der Waals surface area contributed by atoms with Crippen LogP contribution in [-0.2, 0) is 23.9 Å². The van der Waals surface area contributed by atoms with Gasteiger partial charge in [0.05, 0.1) is 18.2 Å². The van der Waals surface area contributed by atoms with Crippen molar-refractivity contribution in [1.29, 1.82) is 0 Å². The van der Waals surface area contributed by atoms with Gasteiger partial charge < -0.3 is 14.8 Å². The molecule has 29 heavy (non-hydrogen) atoms. The van der Waals surface area contributed by atoms with Crippen molar-refractivity contribution >= 4 is 23.2 Å². The first-order chi connectivity index (χ1) is 14.0. The van der Waals surface area contributed by atoms with Crippen LogP contribution in [0.4, 0.5) is 5.69 Å². The molecule has 1 heterocycles. The smallest absolute Gasteiger partial charge is 0.235 e. The normalized spacial score (nSPS) is 14.3. The van der Waals surface area contributed by atoms with E-state index in [1.807, 2.05) is 37.5 Å². The van der Waals surface area contributed by atoms with Crippen molar-refractivity contribution in [3.05, 3.63) is 71.0 Å². The highest BCUT2D eigenvalue weighted by Gasteiger charge is 2.53. The second kappa shape index (κ2) is 7.79. The summed E-state index contributed by atoms with van der Waals surface area (Å²) in [6.07, 6.45) is 3.39. The standard InChI is InChI=1S/C22H22ClN3O3/c1-26-12-9-17(25-26)14-29-20-13-18(28-2)7-8-19(20)22(10-11-22)21(27)24-16-5-3-15(23)4-6-16/h3-9,12-13H,10-11,14H2,1-2H3,(H,24,27). The van der Waals surface area contributed by atoms with Gasteiger partial charge in [0.15, 0.2) is 0 Å². The lowest BCUT2D eigenvalue weighted by molar-refractivity contribution is -0.118. The molecule has 0 radical (unpaired) electrons. The second-order valence-electron chi connectivity index (χ2n) is 7.17. The van der Waals surface area contributed by atoms with E-state index in [1.54, 1.807) is 36.1 Å². The van der Waals surface area contributed by atoms with Crippen molar-refractivity contribution in [2.24, 2.45) is 7.05 Å². The predicted octanol–water partition coefficient (Wildman–Crippen LogP) is 4.33. The Hall–Kier alpha value is -2.99. The van der Waals surface area contributed by atoms with Crippen LogP contribution in [0.1, 0.15) is 24.1 Å². The van der Waals surface area contributed by atoms with E-state index in [4.69, 9.17) is 21.1 Å². The highest BCUT2D eigenvalue weighted by atomic mass is 35.5. The summed E-state index contributed by atoms with van der Waals surface area (Å²) < 4.78 is 13.2. The average molecular weight is 412 g/mol. The zero-order chi connectivity index (χ0) is 20.4. The number of carbonyl (C=O) groups is 1. The minimum Gasteiger partial charge on any atom is -0.497 e. The Kier molecular flexibility index (Phi) is 5.20. The average Bonchev–Trinajstić information content (AvgIpc) is 3.43. The first kappa shape index (κ1) is 19.3. The summed E-state index contributed by atoms with van der Waals surface area (Å²) in [7, 11) is 3.47. The third-order valence-corrected chi connectivity index (χ3v) is 5.39. The van der Waals surface area contributed by atoms with E-state index in [9.17, 15) is 4.79 Å². The maximum absolute atomic E-state index is 13.1. The molecule has 0 saturated heterocycles. The fraction of sp³-hybridized carbons (Fsp3) is 0.273. The SMILES string of the molecule is COc1ccc(C2(C(=O)Nc3ccc(Cl)cc3)CC2)c(OCc2ccn(C)n2)c1. The molecule has 3 aromatic rings. The lowest BCUT2D eigenvalue weighted by atomic mass is 9.93. The number of ether oxygens (including phenoxy) is 2. The molecule has 0 unspecified atom stereocenters. The molecule has 1 fully saturated rings. The van der Waals surface area contributed by atoms with E-state index in [0.717, 1.165) is 29.8 Å². The number of halogens is 1. The topological polar surface area (TPSA) is 65.4 Å². The molecule has 7 heteroatoms. The van der Waals surface area contributed by atoms with E-state index in [2.05, 4.69) is 10.4 Å². The van der Waals surface area contributed by atoms with Crippen LogP contribution < -0.4 is 14.8 Å². The predicted molar refractivity (Wildman–Crippen MR) is 112 cm³/mol. The third-order valence-electron chi connectivity index (χ3n) is 5.14. The van der Waals surface area contributed by atoms with E-state index in [-0.39, 0.29) is 5.91 Å². The summed E-state index contributed by atoms with van der Waals surface area (Å²) >= 11 is 5.93. The first-order valence-electron chi connectivity index (χ1n) is 9.37. The van der Waals surface area contributed by atoms with Crippen LogP contribution in [0.25, 0.3) is 0 Å². The van der Waals surface area contributed by atoms with Crippen molar-refractivity contribution in [2.45, 2.75) is 24.9 Å². The van der Waals surface area contributed by atoms with Gasteiger partial charge >= 0.3 is 0 Å². The maximum atomic E-state index is 13.1. The van der Waals surface area contributed by atoms with E-state index in [1.165, 1.54) is 0 Å². The van der Waals surface area contributed by atoms with Crippen LogP contribution in [0.15, 0.2) is 54.7 Å². The van der Waals surface area contributed by atoms with Gasteiger partial charge in [-0.05, 0) is 49.2 Å². The number of methoxy groups -OCH3 is 1. The lowest BCUT2D eigenvalue weighted by Gasteiger charge is -2.20. The molecule has 0 aliphatic heterocycles. The molecular formula is C22H22ClN3O3. The molecule has 1 aliphatic carbocycles. The molecule has 0 bridgehead atoms. The van der Waals surface area contributed by atoms with Gasteiger partial charge in [0, 0.05) is 35.6 Å². The summed E-state index contributed by atoms with van der Waals surface area (Å²) in [5, 5.41) is 7.98. The van der Waals surface area contributed by atoms with Gasteiger partial charge in [-0.1, -0.05) is 17.7 Å². The minimum atomic E-state index is -0.606. The molecule has 1 aliphatic rings. The van der Waals surface area contributed by atoms with Crippen molar-refractivity contribution in [3.8, 4) is 11.5 Å². The number of aromatic nitrogens is 2. The van der Waals surface area contributed by atoms with Crippen LogP contribution in [0.2, 0.25) is 5.02 Å². The Morgan fingerprint density at radius 1 is 1.21 bits per heavy atom. The van der Waals surface area contributed by atoms with Crippen LogP contribution in [0.3, 0.4) is 0 Å². The van der Waals surface area contributed by atoms with Crippen molar-refractivity contribution in [2.75, 3.05) is 12.4 Å². The van der Waals surface area contributed by atoms with Gasteiger partial charge in [-0.25, -0.2) is 0 Å². The van der Waals surface area contributed by atoms with Crippen molar-refractivity contribution in [1.82, 2.24) is 9.78 Å². The van der Waals surface area contributed by atoms with Gasteiger partial charge in [-0.2, -0.15) is 5.10 Å². The van der Waals surface area contributed by atoms with E-state index >= 15 is 0 Å². The number of amides is 1. The number of aryl methyl sites for hydroxylation is 1. The fourth-order valence-electron chi connectivity index (χ4n) is 3.36. The number of benzene rings is 2. The first-order valence-corrected chi connectivity index (χ1v) is 9.75. The van der Waals surface area contributed by atoms with Crippen molar-refractivity contribution < 1.29 is 14.3 Å². The molecule has 4 rings (SSSR count). The van der Waals surface area contributed by atoms with Gasteiger partial charge in [0.2, 0.25) is 5.91 Å². The van der Waals surface area contributed by atoms with E-state index in [0.29, 0.717) is 23.1 Å². The number of rotatable bonds is 7. The molecule has 1 aromatic heterocycles. The summed E-state index contributed by atoms with van der Waals surface area (Å²) in [4.78, 5) is 13.1. The Morgan fingerprint density at radius 3 is 2.59 bits per heavy atom. The van der Waals surface area contributed by atoms with Gasteiger partial charge in [0.1, 0.15) is 18.1 Å². The number of carbonyl (C=O) groups excluding carboxylic acids is 1. The Morgan fingerprint density at radius 2 is 1.97 bits per heavy atom. The third kappa shape index (κ3) is 4.07. The fourth-order valence-corrected chi connectivity index (χ4v) is 3.49. The minimum absolute atomic E-state index is 0.0484. The molecule has 150 valence electrons. The van der Waals surface area contributed by atoms with Crippen molar-refractivity contribution in [3.63, 3.8) is 0 Å². The molecule has 1 N–H and O–H groups in total. The van der Waals surface area contributed by atoms with Crippen LogP contribution >= 0.6 is 11.6 Å². The largest absolute Gasteiger partial charge is 0.497 e. The van der Waals surface area contributed by atoms with Crippen LogP contribution in [0.5, 0.6) is 11.5 Å². The molecule has 0 spiro atoms. The van der Waals surface area contributed by atoms with Gasteiger partial charge in [-0.3, -0.25) is 9.48 Å². The Bertz CT molecular complexity index is 1030. The second-order valence-corrected chi connectivity index (χ2v) is 7.61. The Balaban J connectivity index is 1.58. The quantitative estimate of drug-likeness (QED) is 0.628. The molecular weight excluding hydrogens is 390 g/mol. The zero-order valence-electron chi connectivity index (χ0n) is 16.3. The number of hydrogen-bond donors (Lipinski definition) is 1. The lowest BCUT2D eigenvalue weighted by Crippen LogP contribution is -2.28. The monoisotopic (exact) mass is 411 g/mol. The number of anilines is 1. The summed E-state index contributed by atoms with van der Waals surface area (Å²) in [6.45, 7) is 0.315. The zero-order valence-corrected chi connectivity index (χ0v) is 17.1. The highest BCUT2D eigenvalue weighted by molar-refractivity contribution is 6.30. The highest BCUT2D eigenvalue weighted by Crippen LogP contribution is 2.52. The number of hydrogen-bond acceptors (Lipinski definition) is 4. The molecule has 1 saturated carbocycles. The molecule has 2 aromatic carbocycles. The number of nitrogens with one attached hydrogen (secondary N) is 1. The molecule has 1 amide bonds. The summed E-state index contributed by atoms with van der Waals surface area (Å²) in [5.41, 5.74) is 1.79.